The Morgan fingerprint density at radius 1 is 1.02 bits per heavy atom. The number of anilines is 1. The fraction of sp³-hybridized carbons (Fsp3) is 0.394. The quantitative estimate of drug-likeness (QED) is 0.171. The van der Waals surface area contributed by atoms with Crippen LogP contribution in [0.25, 0.3) is 0 Å². The number of aromatic nitrogens is 1. The monoisotopic (exact) mass is 662 g/mol. The van der Waals surface area contributed by atoms with Gasteiger partial charge < -0.3 is 28.0 Å². The van der Waals surface area contributed by atoms with Crippen LogP contribution in [0.2, 0.25) is 0 Å². The van der Waals surface area contributed by atoms with Gasteiger partial charge in [-0.2, -0.15) is 10.2 Å². The first-order valence-corrected chi connectivity index (χ1v) is 14.5. The van der Waals surface area contributed by atoms with Crippen molar-refractivity contribution in [2.75, 3.05) is 5.32 Å². The summed E-state index contributed by atoms with van der Waals surface area (Å²) < 4.78 is 0. The number of hydroxylamine groups is 2. The maximum atomic E-state index is 13.5. The van der Waals surface area contributed by atoms with Gasteiger partial charge in [0.1, 0.15) is 5.84 Å². The summed E-state index contributed by atoms with van der Waals surface area (Å²) in [7, 11) is 0. The molecular formula is C33H38ClCuN7O2. The third-order valence-electron chi connectivity index (χ3n) is 8.66. The predicted molar refractivity (Wildman–Crippen MR) is 165 cm³/mol. The maximum absolute atomic E-state index is 13.5. The SMILES string of the molecule is C/C(=N\NC1=Nc2ccccc2C2Nc3ccc(C([O-])=NC4CC(C)(C)N(O)C(C)(C)C4)cc3[C@@H]2C1)c1ccccn1.[Cl-].[Cu+2]. The van der Waals surface area contributed by atoms with Crippen molar-refractivity contribution in [3.63, 3.8) is 0 Å². The van der Waals surface area contributed by atoms with Crippen LogP contribution in [0, 0.1) is 0 Å². The molecule has 2 aromatic carbocycles. The molecule has 0 bridgehead atoms. The van der Waals surface area contributed by atoms with E-state index in [0.717, 1.165) is 39.7 Å². The normalized spacial score (nSPS) is 22.5. The Morgan fingerprint density at radius 3 is 2.43 bits per heavy atom. The number of rotatable bonds is 4. The molecule has 1 radical (unpaired) electrons. The van der Waals surface area contributed by atoms with Crippen LogP contribution in [0.15, 0.2) is 81.9 Å². The fourth-order valence-corrected chi connectivity index (χ4v) is 6.76. The molecule has 3 aliphatic rings. The molecule has 9 nitrogen and oxygen atoms in total. The van der Waals surface area contributed by atoms with Crippen molar-refractivity contribution in [2.45, 2.75) is 83.0 Å². The number of pyridine rings is 1. The van der Waals surface area contributed by atoms with E-state index in [1.165, 1.54) is 5.06 Å². The summed E-state index contributed by atoms with van der Waals surface area (Å²) >= 11 is 0. The summed E-state index contributed by atoms with van der Waals surface area (Å²) in [6.45, 7) is 9.87. The van der Waals surface area contributed by atoms with Crippen LogP contribution >= 0.6 is 0 Å². The molecule has 3 N–H and O–H groups in total. The van der Waals surface area contributed by atoms with Gasteiger partial charge in [0, 0.05) is 40.9 Å². The summed E-state index contributed by atoms with van der Waals surface area (Å²) in [4.78, 5) is 14.0. The van der Waals surface area contributed by atoms with E-state index in [0.29, 0.717) is 24.8 Å². The minimum absolute atomic E-state index is 0. The summed E-state index contributed by atoms with van der Waals surface area (Å²) in [5, 5.41) is 33.9. The van der Waals surface area contributed by atoms with E-state index in [-0.39, 0.29) is 53.4 Å². The van der Waals surface area contributed by atoms with Crippen LogP contribution in [0.1, 0.15) is 88.2 Å². The number of piperidine rings is 1. The average Bonchev–Trinajstić information content (AvgIpc) is 3.23. The average molecular weight is 664 g/mol. The zero-order valence-corrected chi connectivity index (χ0v) is 27.2. The summed E-state index contributed by atoms with van der Waals surface area (Å²) in [6, 6.07) is 19.6. The van der Waals surface area contributed by atoms with Crippen molar-refractivity contribution in [1.82, 2.24) is 15.5 Å². The third kappa shape index (κ3) is 6.55. The van der Waals surface area contributed by atoms with Crippen molar-refractivity contribution in [3.8, 4) is 0 Å². The van der Waals surface area contributed by atoms with Crippen molar-refractivity contribution in [2.24, 2.45) is 15.1 Å². The number of benzene rings is 2. The molecule has 11 heteroatoms. The summed E-state index contributed by atoms with van der Waals surface area (Å²) in [5.74, 6) is 0.575. The number of hydrazone groups is 1. The third-order valence-corrected chi connectivity index (χ3v) is 8.66. The van der Waals surface area contributed by atoms with E-state index in [1.54, 1.807) is 6.20 Å². The van der Waals surface area contributed by atoms with Gasteiger partial charge in [-0.3, -0.25) is 15.4 Å². The number of hydrogen-bond acceptors (Lipinski definition) is 9. The van der Waals surface area contributed by atoms with E-state index >= 15 is 0 Å². The van der Waals surface area contributed by atoms with Crippen LogP contribution in [-0.4, -0.2) is 49.8 Å². The van der Waals surface area contributed by atoms with Crippen LogP contribution < -0.4 is 28.3 Å². The van der Waals surface area contributed by atoms with E-state index in [1.807, 2.05) is 89.2 Å². The minimum Gasteiger partial charge on any atom is -1.00 e. The smallest absolute Gasteiger partial charge is 1.00 e. The Bertz CT molecular complexity index is 1570. The van der Waals surface area contributed by atoms with Gasteiger partial charge in [0.15, 0.2) is 0 Å². The molecule has 3 aliphatic heterocycles. The van der Waals surface area contributed by atoms with Crippen molar-refractivity contribution >= 4 is 28.8 Å². The zero-order chi connectivity index (χ0) is 29.6. The van der Waals surface area contributed by atoms with Gasteiger partial charge in [-0.25, -0.2) is 4.99 Å². The Labute approximate surface area is 275 Å². The predicted octanol–water partition coefficient (Wildman–Crippen LogP) is 2.30. The molecule has 0 spiro atoms. The molecule has 6 rings (SSSR count). The van der Waals surface area contributed by atoms with E-state index in [4.69, 9.17) is 4.99 Å². The molecule has 0 saturated carbocycles. The molecule has 1 saturated heterocycles. The van der Waals surface area contributed by atoms with Crippen molar-refractivity contribution in [3.05, 3.63) is 89.2 Å². The van der Waals surface area contributed by atoms with E-state index in [2.05, 4.69) is 31.9 Å². The topological polar surface area (TPSA) is 121 Å². The molecular weight excluding hydrogens is 625 g/mol. The first kappa shape index (κ1) is 33.6. The number of amidine groups is 1. The van der Waals surface area contributed by atoms with Gasteiger partial charge in [0.05, 0.1) is 29.2 Å². The summed E-state index contributed by atoms with van der Waals surface area (Å²) in [6.07, 6.45) is 3.58. The molecule has 0 aliphatic carbocycles. The molecule has 1 fully saturated rings. The van der Waals surface area contributed by atoms with Crippen molar-refractivity contribution < 1.29 is 39.8 Å². The van der Waals surface area contributed by atoms with Gasteiger partial charge in [-0.1, -0.05) is 30.3 Å². The first-order chi connectivity index (χ1) is 20.0. The van der Waals surface area contributed by atoms with Crippen LogP contribution in [0.4, 0.5) is 11.4 Å². The number of hydrogen-bond donors (Lipinski definition) is 3. The van der Waals surface area contributed by atoms with Crippen LogP contribution in [-0.2, 0) is 17.1 Å². The summed E-state index contributed by atoms with van der Waals surface area (Å²) in [5.41, 5.74) is 8.50. The molecule has 235 valence electrons. The fourth-order valence-electron chi connectivity index (χ4n) is 6.76. The standard InChI is InChI=1S/C33H39N7O2.ClH.Cu/c1-20(26-11-8-9-15-34-26)38-39-29-17-25-24-16-21(31(41)35-22-18-32(2,3)40(42)33(4,5)19-22)13-14-28(24)37-30(25)23-10-6-7-12-27(23)36-29;;/h6-16,22,25,30,37,42H,17-19H2,1-5H3,(H,35,41)(H,36,39);1H;/q;;+2/p-2/b38-20+;;/t25-,30?;;/m0../s1. The van der Waals surface area contributed by atoms with E-state index in [9.17, 15) is 10.3 Å². The number of aliphatic imine (C=N–C) groups is 2. The Morgan fingerprint density at radius 2 is 1.73 bits per heavy atom. The van der Waals surface area contributed by atoms with Crippen LogP contribution in [0.5, 0.6) is 0 Å². The molecule has 44 heavy (non-hydrogen) atoms. The number of nitrogens with zero attached hydrogens (tertiary/aromatic N) is 5. The molecule has 3 aromatic rings. The van der Waals surface area contributed by atoms with Crippen LogP contribution in [0.3, 0.4) is 0 Å². The Hall–Kier alpha value is -3.27. The Kier molecular flexibility index (Phi) is 9.93. The molecule has 1 unspecified atom stereocenters. The maximum Gasteiger partial charge on any atom is 2.00 e. The van der Waals surface area contributed by atoms with E-state index < -0.39 is 11.1 Å². The molecule has 1 aromatic heterocycles. The minimum atomic E-state index is -0.473. The van der Waals surface area contributed by atoms with Gasteiger partial charge in [-0.05, 0) is 94.8 Å². The molecule has 2 atom stereocenters. The second-order valence-corrected chi connectivity index (χ2v) is 12.8. The second-order valence-electron chi connectivity index (χ2n) is 12.8. The first-order valence-electron chi connectivity index (χ1n) is 14.5. The Balaban J connectivity index is 0.00000221. The molecule has 4 heterocycles. The largest absolute Gasteiger partial charge is 2.00 e. The number of halogens is 1. The van der Waals surface area contributed by atoms with Gasteiger partial charge in [0.2, 0.25) is 0 Å². The van der Waals surface area contributed by atoms with Gasteiger partial charge in [0.25, 0.3) is 0 Å². The van der Waals surface area contributed by atoms with Gasteiger partial charge >= 0.3 is 17.1 Å². The number of fused-ring (bicyclic) bond motifs is 5. The molecule has 0 amide bonds. The number of nitrogens with one attached hydrogen (secondary N) is 2. The van der Waals surface area contributed by atoms with Gasteiger partial charge in [-0.15, -0.1) is 0 Å². The van der Waals surface area contributed by atoms with Crippen molar-refractivity contribution in [1.29, 1.82) is 0 Å². The second kappa shape index (κ2) is 13.0. The zero-order valence-electron chi connectivity index (χ0n) is 25.5. The number of para-hydroxylation sites is 1.